The van der Waals surface area contributed by atoms with Crippen LogP contribution in [0, 0.1) is 17.7 Å². The molecule has 2 rings (SSSR count). The molecule has 1 aromatic rings. The molecule has 4 atom stereocenters. The Hall–Kier alpha value is -0.930. The zero-order chi connectivity index (χ0) is 14.0. The van der Waals surface area contributed by atoms with Crippen molar-refractivity contribution in [1.29, 1.82) is 0 Å². The highest BCUT2D eigenvalue weighted by molar-refractivity contribution is 5.21. The van der Waals surface area contributed by atoms with Crippen LogP contribution in [0.4, 0.5) is 4.39 Å². The molecule has 3 heteroatoms. The molecule has 19 heavy (non-hydrogen) atoms. The molecular formula is C16H25FN2. The molecule has 0 radical (unpaired) electrons. The molecule has 0 aromatic heterocycles. The molecule has 1 aliphatic heterocycles. The Bertz CT molecular complexity index is 421. The highest BCUT2D eigenvalue weighted by atomic mass is 19.1. The topological polar surface area (TPSA) is 29.3 Å². The second kappa shape index (κ2) is 6.02. The largest absolute Gasteiger partial charge is 0.324 e. The fourth-order valence-electron chi connectivity index (χ4n) is 3.18. The number of likely N-dealkylation sites (tertiary alicyclic amines) is 1. The number of benzene rings is 1. The molecule has 2 N–H and O–H groups in total. The highest BCUT2D eigenvalue weighted by Crippen LogP contribution is 2.27. The third kappa shape index (κ3) is 3.34. The van der Waals surface area contributed by atoms with Crippen LogP contribution in [0.15, 0.2) is 24.3 Å². The first-order chi connectivity index (χ1) is 8.99. The van der Waals surface area contributed by atoms with Crippen LogP contribution in [0.2, 0.25) is 0 Å². The smallest absolute Gasteiger partial charge is 0.127 e. The third-order valence-corrected chi connectivity index (χ3v) is 4.31. The fraction of sp³-hybridized carbons (Fsp3) is 0.625. The molecule has 0 spiro atoms. The molecule has 0 aliphatic carbocycles. The second-order valence-electron chi connectivity index (χ2n) is 6.17. The van der Waals surface area contributed by atoms with E-state index in [2.05, 4.69) is 25.7 Å². The van der Waals surface area contributed by atoms with Gasteiger partial charge in [0.25, 0.3) is 0 Å². The Kier molecular flexibility index (Phi) is 4.58. The molecule has 0 saturated carbocycles. The highest BCUT2D eigenvalue weighted by Gasteiger charge is 2.29. The van der Waals surface area contributed by atoms with Gasteiger partial charge in [-0.3, -0.25) is 0 Å². The zero-order valence-electron chi connectivity index (χ0n) is 12.1. The first kappa shape index (κ1) is 14.5. The Morgan fingerprint density at radius 2 is 2.05 bits per heavy atom. The number of rotatable bonds is 4. The van der Waals surface area contributed by atoms with Crippen LogP contribution in [0.5, 0.6) is 0 Å². The van der Waals surface area contributed by atoms with Crippen molar-refractivity contribution < 1.29 is 4.39 Å². The lowest BCUT2D eigenvalue weighted by Crippen LogP contribution is -2.36. The molecular weight excluding hydrogens is 239 g/mol. The van der Waals surface area contributed by atoms with E-state index in [1.807, 2.05) is 6.07 Å². The van der Waals surface area contributed by atoms with Gasteiger partial charge >= 0.3 is 0 Å². The lowest BCUT2D eigenvalue weighted by atomic mass is 9.94. The maximum absolute atomic E-state index is 13.8. The summed E-state index contributed by atoms with van der Waals surface area (Å²) in [4.78, 5) is 2.48. The van der Waals surface area contributed by atoms with Crippen LogP contribution in [0.3, 0.4) is 0 Å². The summed E-state index contributed by atoms with van der Waals surface area (Å²) in [5.41, 5.74) is 6.87. The van der Waals surface area contributed by atoms with E-state index in [1.165, 1.54) is 12.5 Å². The van der Waals surface area contributed by atoms with Crippen LogP contribution in [-0.4, -0.2) is 24.0 Å². The fourth-order valence-corrected chi connectivity index (χ4v) is 3.18. The second-order valence-corrected chi connectivity index (χ2v) is 6.17. The Balaban J connectivity index is 2.00. The van der Waals surface area contributed by atoms with Gasteiger partial charge in [-0.05, 0) is 31.2 Å². The first-order valence-electron chi connectivity index (χ1n) is 7.23. The summed E-state index contributed by atoms with van der Waals surface area (Å²) in [6, 6.07) is 7.23. The molecule has 0 bridgehead atoms. The normalized spacial score (nSPS) is 27.4. The predicted octanol–water partition coefficient (Wildman–Crippen LogP) is 3.19. The van der Waals surface area contributed by atoms with Crippen molar-refractivity contribution in [3.8, 4) is 0 Å². The monoisotopic (exact) mass is 264 g/mol. The average molecular weight is 264 g/mol. The summed E-state index contributed by atoms with van der Waals surface area (Å²) in [6.45, 7) is 8.76. The predicted molar refractivity (Wildman–Crippen MR) is 77.3 cm³/mol. The van der Waals surface area contributed by atoms with Crippen LogP contribution >= 0.6 is 0 Å². The summed E-state index contributed by atoms with van der Waals surface area (Å²) in [6.07, 6.45) is 1.25. The maximum Gasteiger partial charge on any atom is 0.127 e. The number of halogens is 1. The van der Waals surface area contributed by atoms with Crippen molar-refractivity contribution >= 4 is 0 Å². The van der Waals surface area contributed by atoms with E-state index in [-0.39, 0.29) is 17.8 Å². The van der Waals surface area contributed by atoms with Gasteiger partial charge in [-0.1, -0.05) is 32.0 Å². The van der Waals surface area contributed by atoms with Gasteiger partial charge in [0.05, 0.1) is 0 Å². The van der Waals surface area contributed by atoms with Crippen molar-refractivity contribution in [3.05, 3.63) is 35.6 Å². The molecule has 1 aromatic carbocycles. The summed E-state index contributed by atoms with van der Waals surface area (Å²) < 4.78 is 13.8. The molecule has 2 nitrogen and oxygen atoms in total. The van der Waals surface area contributed by atoms with Crippen molar-refractivity contribution in [3.63, 3.8) is 0 Å². The Labute approximate surface area is 115 Å². The Morgan fingerprint density at radius 1 is 1.37 bits per heavy atom. The molecule has 1 fully saturated rings. The molecule has 1 heterocycles. The number of nitrogens with zero attached hydrogens (tertiary/aromatic N) is 1. The minimum Gasteiger partial charge on any atom is -0.324 e. The van der Waals surface area contributed by atoms with E-state index in [1.54, 1.807) is 12.1 Å². The van der Waals surface area contributed by atoms with Gasteiger partial charge in [-0.25, -0.2) is 4.39 Å². The quantitative estimate of drug-likeness (QED) is 0.905. The van der Waals surface area contributed by atoms with Crippen LogP contribution in [-0.2, 0) is 0 Å². The van der Waals surface area contributed by atoms with Crippen LogP contribution in [0.25, 0.3) is 0 Å². The summed E-state index contributed by atoms with van der Waals surface area (Å²) in [5.74, 6) is 0.821. The minimum atomic E-state index is -0.232. The molecule has 106 valence electrons. The van der Waals surface area contributed by atoms with Gasteiger partial charge in [0.1, 0.15) is 5.82 Å². The molecule has 1 aliphatic rings. The summed E-state index contributed by atoms with van der Waals surface area (Å²) in [5, 5.41) is 0. The van der Waals surface area contributed by atoms with Gasteiger partial charge in [-0.2, -0.15) is 0 Å². The SMILES string of the molecule is CC1CC(C)N(CC(C)C(N)c2ccccc2F)C1. The average Bonchev–Trinajstić information content (AvgIpc) is 2.67. The lowest BCUT2D eigenvalue weighted by molar-refractivity contribution is 0.213. The first-order valence-corrected chi connectivity index (χ1v) is 7.23. The van der Waals surface area contributed by atoms with Gasteiger partial charge in [0.2, 0.25) is 0 Å². The van der Waals surface area contributed by atoms with Crippen LogP contribution < -0.4 is 5.73 Å². The van der Waals surface area contributed by atoms with Crippen molar-refractivity contribution in [2.75, 3.05) is 13.1 Å². The van der Waals surface area contributed by atoms with E-state index in [0.29, 0.717) is 11.6 Å². The standard InChI is InChI=1S/C16H25FN2/c1-11-8-13(3)19(9-11)10-12(2)16(18)14-6-4-5-7-15(14)17/h4-7,11-13,16H,8-10,18H2,1-3H3. The molecule has 4 unspecified atom stereocenters. The van der Waals surface area contributed by atoms with Crippen molar-refractivity contribution in [2.24, 2.45) is 17.6 Å². The number of nitrogens with two attached hydrogens (primary N) is 1. The van der Waals surface area contributed by atoms with E-state index in [9.17, 15) is 4.39 Å². The summed E-state index contributed by atoms with van der Waals surface area (Å²) >= 11 is 0. The Morgan fingerprint density at radius 3 is 2.63 bits per heavy atom. The van der Waals surface area contributed by atoms with E-state index < -0.39 is 0 Å². The number of hydrogen-bond acceptors (Lipinski definition) is 2. The van der Waals surface area contributed by atoms with E-state index in [4.69, 9.17) is 5.73 Å². The van der Waals surface area contributed by atoms with E-state index in [0.717, 1.165) is 19.0 Å². The van der Waals surface area contributed by atoms with Crippen LogP contribution in [0.1, 0.15) is 38.8 Å². The van der Waals surface area contributed by atoms with Crippen molar-refractivity contribution in [2.45, 2.75) is 39.3 Å². The third-order valence-electron chi connectivity index (χ3n) is 4.31. The van der Waals surface area contributed by atoms with Gasteiger partial charge < -0.3 is 10.6 Å². The maximum atomic E-state index is 13.8. The lowest BCUT2D eigenvalue weighted by Gasteiger charge is -2.28. The van der Waals surface area contributed by atoms with Gasteiger partial charge in [0, 0.05) is 30.7 Å². The van der Waals surface area contributed by atoms with Gasteiger partial charge in [-0.15, -0.1) is 0 Å². The molecule has 0 amide bonds. The van der Waals surface area contributed by atoms with Gasteiger partial charge in [0.15, 0.2) is 0 Å². The number of hydrogen-bond donors (Lipinski definition) is 1. The summed E-state index contributed by atoms with van der Waals surface area (Å²) in [7, 11) is 0. The van der Waals surface area contributed by atoms with E-state index >= 15 is 0 Å². The zero-order valence-corrected chi connectivity index (χ0v) is 12.1. The molecule has 1 saturated heterocycles. The minimum absolute atomic E-state index is 0.190. The van der Waals surface area contributed by atoms with Crippen molar-refractivity contribution in [1.82, 2.24) is 4.90 Å².